The number of urea groups is 1. The maximum absolute atomic E-state index is 13.9. The van der Waals surface area contributed by atoms with Crippen molar-refractivity contribution in [3.05, 3.63) is 111 Å². The average molecular weight is 735 g/mol. The van der Waals surface area contributed by atoms with Crippen LogP contribution in [0.2, 0.25) is 5.02 Å². The van der Waals surface area contributed by atoms with E-state index in [1.807, 2.05) is 0 Å². The number of β-lactam (4-membered cyclic amide) rings is 1. The number of rotatable bonds is 10. The summed E-state index contributed by atoms with van der Waals surface area (Å²) < 4.78 is 4.30. The smallest absolute Gasteiger partial charge is 0.329 e. The second-order valence-electron chi connectivity index (χ2n) is 11.9. The summed E-state index contributed by atoms with van der Waals surface area (Å²) in [7, 11) is 0. The lowest BCUT2D eigenvalue weighted by Crippen LogP contribution is -2.68. The Labute approximate surface area is 300 Å². The van der Waals surface area contributed by atoms with E-state index in [1.54, 1.807) is 61.5 Å². The SMILES string of the molecule is CCN1CCN(C(=O)N[C@@H](C(=O)N[C@@H]2C(=O)N3C[C@@](C(=O)OCc4ccc([N+](=O)[O-])cc4)(c4ccc(Cl)cc4)S[C@H]23)c2ccccc2)C(=O)C1=O. The highest BCUT2D eigenvalue weighted by molar-refractivity contribution is 8.02. The summed E-state index contributed by atoms with van der Waals surface area (Å²) in [5.74, 6) is -3.72. The first-order valence-corrected chi connectivity index (χ1v) is 17.1. The molecule has 0 radical (unpaired) electrons. The molecule has 6 amide bonds. The number of hydrogen-bond acceptors (Lipinski definition) is 10. The van der Waals surface area contributed by atoms with Crippen LogP contribution in [-0.2, 0) is 40.1 Å². The molecule has 0 unspecified atom stereocenters. The Morgan fingerprint density at radius 2 is 1.69 bits per heavy atom. The lowest BCUT2D eigenvalue weighted by atomic mass is 9.95. The lowest BCUT2D eigenvalue weighted by Gasteiger charge is -2.42. The molecule has 3 aromatic rings. The van der Waals surface area contributed by atoms with E-state index in [-0.39, 0.29) is 31.9 Å². The van der Waals surface area contributed by atoms with Crippen LogP contribution >= 0.6 is 23.4 Å². The number of halogens is 1. The van der Waals surface area contributed by atoms with Crippen LogP contribution in [0.1, 0.15) is 29.7 Å². The fourth-order valence-electron chi connectivity index (χ4n) is 6.08. The van der Waals surface area contributed by atoms with Crippen LogP contribution in [-0.4, -0.2) is 92.8 Å². The number of thioether (sulfide) groups is 1. The Bertz CT molecular complexity index is 1900. The van der Waals surface area contributed by atoms with Crippen molar-refractivity contribution in [3.8, 4) is 0 Å². The zero-order valence-corrected chi connectivity index (χ0v) is 28.6. The topological polar surface area (TPSA) is 189 Å². The van der Waals surface area contributed by atoms with Crippen LogP contribution in [0.25, 0.3) is 0 Å². The van der Waals surface area contributed by atoms with Crippen LogP contribution in [0.15, 0.2) is 78.9 Å². The first kappa shape index (κ1) is 35.3. The highest BCUT2D eigenvalue weighted by atomic mass is 35.5. The number of esters is 1. The molecule has 17 heteroatoms. The summed E-state index contributed by atoms with van der Waals surface area (Å²) in [6.45, 7) is 1.84. The van der Waals surface area contributed by atoms with Crippen molar-refractivity contribution in [1.82, 2.24) is 25.3 Å². The molecular weight excluding hydrogens is 704 g/mol. The molecule has 3 aliphatic heterocycles. The van der Waals surface area contributed by atoms with Crippen molar-refractivity contribution >= 4 is 64.7 Å². The highest BCUT2D eigenvalue weighted by Crippen LogP contribution is 2.53. The van der Waals surface area contributed by atoms with Crippen LogP contribution in [0.4, 0.5) is 10.5 Å². The molecule has 3 fully saturated rings. The maximum atomic E-state index is 13.9. The summed E-state index contributed by atoms with van der Waals surface area (Å²) >= 11 is 7.25. The normalized spacial score (nSPS) is 21.8. The summed E-state index contributed by atoms with van der Waals surface area (Å²) in [6, 6.07) is 16.9. The van der Waals surface area contributed by atoms with Crippen LogP contribution < -0.4 is 10.6 Å². The van der Waals surface area contributed by atoms with Gasteiger partial charge in [-0.2, -0.15) is 0 Å². The van der Waals surface area contributed by atoms with Crippen LogP contribution in [0.5, 0.6) is 0 Å². The average Bonchev–Trinajstić information content (AvgIpc) is 3.51. The molecule has 3 heterocycles. The number of hydrogen-bond donors (Lipinski definition) is 2. The standard InChI is InChI=1S/C34H31ClN6O9S/c1-2-38-16-17-39(30(45)29(38)44)33(47)37-25(21-6-4-3-5-7-21)27(42)36-26-28(43)40-19-34(51-31(26)40,22-10-12-23(35)13-11-22)32(46)50-18-20-8-14-24(15-9-20)41(48)49/h3-15,25-26,31H,2,16-19H2,1H3,(H,36,42)(H,37,47)/t25-,26-,31-,34+/m1/s1. The minimum Gasteiger partial charge on any atom is -0.459 e. The molecule has 3 saturated heterocycles. The van der Waals surface area contributed by atoms with Gasteiger partial charge in [0.2, 0.25) is 11.8 Å². The fourth-order valence-corrected chi connectivity index (χ4v) is 7.89. The quantitative estimate of drug-likeness (QED) is 0.103. The van der Waals surface area contributed by atoms with Crippen molar-refractivity contribution in [2.75, 3.05) is 26.2 Å². The monoisotopic (exact) mass is 734 g/mol. The number of imide groups is 1. The predicted octanol–water partition coefficient (Wildman–Crippen LogP) is 2.73. The Morgan fingerprint density at radius 3 is 2.33 bits per heavy atom. The minimum absolute atomic E-state index is 0.0603. The van der Waals surface area contributed by atoms with Gasteiger partial charge in [-0.25, -0.2) is 4.79 Å². The number of non-ortho nitro benzene ring substituents is 1. The number of carbonyl (C=O) groups is 6. The zero-order chi connectivity index (χ0) is 36.4. The number of carbonyl (C=O) groups excluding carboxylic acids is 6. The molecule has 4 atom stereocenters. The molecule has 6 rings (SSSR count). The predicted molar refractivity (Wildman–Crippen MR) is 183 cm³/mol. The number of likely N-dealkylation sites (N-methyl/N-ethyl adjacent to an activating group) is 1. The van der Waals surface area contributed by atoms with E-state index >= 15 is 0 Å². The summed E-state index contributed by atoms with van der Waals surface area (Å²) in [6.07, 6.45) is 0. The van der Waals surface area contributed by atoms with E-state index in [2.05, 4.69) is 10.6 Å². The van der Waals surface area contributed by atoms with Gasteiger partial charge in [0.25, 0.3) is 5.69 Å². The second kappa shape index (κ2) is 14.4. The number of amides is 6. The third-order valence-electron chi connectivity index (χ3n) is 8.91. The molecule has 0 bridgehead atoms. The summed E-state index contributed by atoms with van der Waals surface area (Å²) in [5, 5.41) is 16.0. The third-order valence-corrected chi connectivity index (χ3v) is 10.9. The first-order chi connectivity index (χ1) is 24.4. The van der Waals surface area contributed by atoms with Gasteiger partial charge in [-0.1, -0.05) is 54.1 Å². The van der Waals surface area contributed by atoms with Gasteiger partial charge in [0, 0.05) is 36.8 Å². The number of piperazine rings is 1. The number of nitro benzene ring substituents is 1. The molecule has 0 saturated carbocycles. The van der Waals surface area contributed by atoms with E-state index in [0.717, 1.165) is 16.7 Å². The Morgan fingerprint density at radius 1 is 1.00 bits per heavy atom. The molecule has 15 nitrogen and oxygen atoms in total. The van der Waals surface area contributed by atoms with E-state index < -0.39 is 62.8 Å². The second-order valence-corrected chi connectivity index (χ2v) is 13.8. The summed E-state index contributed by atoms with van der Waals surface area (Å²) in [5.41, 5.74) is 1.27. The lowest BCUT2D eigenvalue weighted by molar-refractivity contribution is -0.384. The van der Waals surface area contributed by atoms with Gasteiger partial charge < -0.3 is 25.2 Å². The van der Waals surface area contributed by atoms with Crippen LogP contribution in [0.3, 0.4) is 0 Å². The number of nitrogens with zero attached hydrogens (tertiary/aromatic N) is 4. The minimum atomic E-state index is -1.41. The van der Waals surface area contributed by atoms with Gasteiger partial charge >= 0.3 is 23.8 Å². The number of nitro groups is 1. The van der Waals surface area contributed by atoms with E-state index in [4.69, 9.17) is 16.3 Å². The number of benzene rings is 3. The molecule has 0 aliphatic carbocycles. The van der Waals surface area contributed by atoms with Gasteiger partial charge in [-0.3, -0.25) is 39.0 Å². The molecule has 264 valence electrons. The first-order valence-electron chi connectivity index (χ1n) is 15.8. The molecule has 51 heavy (non-hydrogen) atoms. The number of ether oxygens (including phenoxy) is 1. The largest absolute Gasteiger partial charge is 0.459 e. The van der Waals surface area contributed by atoms with Crippen molar-refractivity contribution in [2.45, 2.75) is 35.7 Å². The van der Waals surface area contributed by atoms with Gasteiger partial charge in [-0.05, 0) is 47.9 Å². The van der Waals surface area contributed by atoms with Crippen molar-refractivity contribution in [1.29, 1.82) is 0 Å². The molecule has 3 aliphatic rings. The third kappa shape index (κ3) is 6.83. The Hall–Kier alpha value is -5.48. The molecule has 3 aromatic carbocycles. The Balaban J connectivity index is 1.20. The van der Waals surface area contributed by atoms with Gasteiger partial charge in [0.1, 0.15) is 24.1 Å². The molecule has 2 N–H and O–H groups in total. The van der Waals surface area contributed by atoms with E-state index in [9.17, 15) is 38.9 Å². The summed E-state index contributed by atoms with van der Waals surface area (Å²) in [4.78, 5) is 93.6. The molecular formula is C34H31ClN6O9S. The van der Waals surface area contributed by atoms with Crippen molar-refractivity contribution < 1.29 is 38.4 Å². The van der Waals surface area contributed by atoms with E-state index in [0.29, 0.717) is 28.3 Å². The van der Waals surface area contributed by atoms with Crippen LogP contribution in [0, 0.1) is 10.1 Å². The van der Waals surface area contributed by atoms with E-state index in [1.165, 1.54) is 34.1 Å². The Kier molecular flexibility index (Phi) is 9.98. The fraction of sp³-hybridized carbons (Fsp3) is 0.294. The van der Waals surface area contributed by atoms with Crippen molar-refractivity contribution in [2.24, 2.45) is 0 Å². The van der Waals surface area contributed by atoms with Crippen molar-refractivity contribution in [3.63, 3.8) is 0 Å². The van der Waals surface area contributed by atoms with Gasteiger partial charge in [0.05, 0.1) is 11.5 Å². The zero-order valence-electron chi connectivity index (χ0n) is 27.0. The molecule has 0 aromatic heterocycles. The number of nitrogens with one attached hydrogen (secondary N) is 2. The number of fused-ring (bicyclic) bond motifs is 1. The van der Waals surface area contributed by atoms with Gasteiger partial charge in [0.15, 0.2) is 4.75 Å². The molecule has 0 spiro atoms. The van der Waals surface area contributed by atoms with Gasteiger partial charge in [-0.15, -0.1) is 11.8 Å². The maximum Gasteiger partial charge on any atom is 0.329 e. The highest BCUT2D eigenvalue weighted by Gasteiger charge is 2.63.